The summed E-state index contributed by atoms with van der Waals surface area (Å²) in [7, 11) is 0. The Hall–Kier alpha value is -3.28. The smallest absolute Gasteiger partial charge is 0.310 e. The van der Waals surface area contributed by atoms with Gasteiger partial charge in [0.15, 0.2) is 18.1 Å². The molecule has 2 aliphatic heterocycles. The lowest BCUT2D eigenvalue weighted by atomic mass is 10.00. The first-order valence-electron chi connectivity index (χ1n) is 9.75. The second-order valence-corrected chi connectivity index (χ2v) is 7.00. The minimum Gasteiger partial charge on any atom is -0.486 e. The van der Waals surface area contributed by atoms with Crippen LogP contribution in [0.1, 0.15) is 17.5 Å². The lowest BCUT2D eigenvalue weighted by molar-refractivity contribution is -0.151. The molecule has 0 radical (unpaired) electrons. The molecule has 0 spiro atoms. The van der Waals surface area contributed by atoms with Gasteiger partial charge >= 0.3 is 5.97 Å². The molecule has 4 rings (SSSR count). The van der Waals surface area contributed by atoms with Crippen molar-refractivity contribution in [3.05, 3.63) is 65.7 Å². The maximum Gasteiger partial charge on any atom is 0.310 e. The Balaban J connectivity index is 1.25. The summed E-state index contributed by atoms with van der Waals surface area (Å²) in [5, 5.41) is 0. The molecule has 0 atom stereocenters. The summed E-state index contributed by atoms with van der Waals surface area (Å²) in [6.07, 6.45) is 2.94. The number of hydrogen-bond donors (Lipinski definition) is 0. The molecule has 2 aromatic carbocycles. The Morgan fingerprint density at radius 2 is 1.79 bits per heavy atom. The number of amides is 1. The van der Waals surface area contributed by atoms with Crippen LogP contribution >= 0.6 is 0 Å². The average Bonchev–Trinajstić information content (AvgIpc) is 2.78. The summed E-state index contributed by atoms with van der Waals surface area (Å²) < 4.78 is 16.2. The Labute approximate surface area is 169 Å². The van der Waals surface area contributed by atoms with Crippen molar-refractivity contribution in [2.24, 2.45) is 0 Å². The molecular weight excluding hydrogens is 370 g/mol. The van der Waals surface area contributed by atoms with Crippen molar-refractivity contribution in [2.75, 3.05) is 32.9 Å². The summed E-state index contributed by atoms with van der Waals surface area (Å²) in [4.78, 5) is 26.2. The van der Waals surface area contributed by atoms with E-state index >= 15 is 0 Å². The summed E-state index contributed by atoms with van der Waals surface area (Å²) >= 11 is 0. The standard InChI is InChI=1S/C23H23NO5/c25-22(24-10-8-19(9-11-24)18-4-2-1-3-5-18)16-29-23(26)15-17-6-7-20-21(14-17)28-13-12-27-20/h1-8,14H,9-13,15-16H2. The zero-order chi connectivity index (χ0) is 20.1. The average molecular weight is 393 g/mol. The number of esters is 1. The van der Waals surface area contributed by atoms with E-state index in [0.717, 1.165) is 12.0 Å². The van der Waals surface area contributed by atoms with Crippen LogP contribution < -0.4 is 9.47 Å². The van der Waals surface area contributed by atoms with Gasteiger partial charge in [0.1, 0.15) is 13.2 Å². The molecule has 2 heterocycles. The Kier molecular flexibility index (Phi) is 5.79. The summed E-state index contributed by atoms with van der Waals surface area (Å²) in [6.45, 7) is 1.93. The van der Waals surface area contributed by atoms with Crippen molar-refractivity contribution in [3.63, 3.8) is 0 Å². The molecule has 2 aliphatic rings. The van der Waals surface area contributed by atoms with Gasteiger partial charge in [-0.2, -0.15) is 0 Å². The third-order valence-corrected chi connectivity index (χ3v) is 5.02. The van der Waals surface area contributed by atoms with Gasteiger partial charge in [0.05, 0.1) is 6.42 Å². The van der Waals surface area contributed by atoms with Crippen LogP contribution in [0.15, 0.2) is 54.6 Å². The van der Waals surface area contributed by atoms with Crippen molar-refractivity contribution in [1.29, 1.82) is 0 Å². The first-order valence-corrected chi connectivity index (χ1v) is 9.75. The summed E-state index contributed by atoms with van der Waals surface area (Å²) in [5.41, 5.74) is 3.19. The highest BCUT2D eigenvalue weighted by molar-refractivity contribution is 5.82. The number of hydrogen-bond acceptors (Lipinski definition) is 5. The number of nitrogens with zero attached hydrogens (tertiary/aromatic N) is 1. The third kappa shape index (κ3) is 4.77. The lowest BCUT2D eigenvalue weighted by Gasteiger charge is -2.26. The number of carbonyl (C=O) groups excluding carboxylic acids is 2. The van der Waals surface area contributed by atoms with Crippen molar-refractivity contribution in [2.45, 2.75) is 12.8 Å². The van der Waals surface area contributed by atoms with Crippen LogP contribution in [-0.2, 0) is 20.7 Å². The topological polar surface area (TPSA) is 65.1 Å². The van der Waals surface area contributed by atoms with E-state index in [4.69, 9.17) is 14.2 Å². The normalized spacial score (nSPS) is 15.4. The summed E-state index contributed by atoms with van der Waals surface area (Å²) in [5.74, 6) is 0.694. The largest absolute Gasteiger partial charge is 0.486 e. The monoisotopic (exact) mass is 393 g/mol. The minimum absolute atomic E-state index is 0.0853. The predicted octanol–water partition coefficient (Wildman–Crippen LogP) is 2.86. The van der Waals surface area contributed by atoms with E-state index in [9.17, 15) is 9.59 Å². The van der Waals surface area contributed by atoms with Crippen molar-refractivity contribution < 1.29 is 23.8 Å². The molecule has 6 nitrogen and oxygen atoms in total. The Bertz CT molecular complexity index is 922. The molecule has 0 saturated heterocycles. The van der Waals surface area contributed by atoms with Crippen LogP contribution in [0.3, 0.4) is 0 Å². The minimum atomic E-state index is -0.437. The molecule has 2 aromatic rings. The molecular formula is C23H23NO5. The number of rotatable bonds is 5. The first-order chi connectivity index (χ1) is 14.2. The number of benzene rings is 2. The third-order valence-electron chi connectivity index (χ3n) is 5.02. The molecule has 0 unspecified atom stereocenters. The van der Waals surface area contributed by atoms with E-state index in [-0.39, 0.29) is 18.9 Å². The van der Waals surface area contributed by atoms with Crippen molar-refractivity contribution >= 4 is 17.4 Å². The highest BCUT2D eigenvalue weighted by Gasteiger charge is 2.20. The number of fused-ring (bicyclic) bond motifs is 1. The van der Waals surface area contributed by atoms with Gasteiger partial charge in [-0.15, -0.1) is 0 Å². The van der Waals surface area contributed by atoms with Gasteiger partial charge in [0.2, 0.25) is 0 Å². The molecule has 0 N–H and O–H groups in total. The molecule has 0 bridgehead atoms. The van der Waals surface area contributed by atoms with E-state index in [1.807, 2.05) is 18.2 Å². The van der Waals surface area contributed by atoms with Crippen LogP contribution in [0.2, 0.25) is 0 Å². The van der Waals surface area contributed by atoms with E-state index < -0.39 is 5.97 Å². The lowest BCUT2D eigenvalue weighted by Crippen LogP contribution is -2.37. The van der Waals surface area contributed by atoms with E-state index in [0.29, 0.717) is 37.8 Å². The van der Waals surface area contributed by atoms with Crippen LogP contribution in [-0.4, -0.2) is 49.7 Å². The fourth-order valence-corrected chi connectivity index (χ4v) is 3.46. The molecule has 0 aliphatic carbocycles. The van der Waals surface area contributed by atoms with Crippen LogP contribution in [0, 0.1) is 0 Å². The molecule has 150 valence electrons. The molecule has 29 heavy (non-hydrogen) atoms. The van der Waals surface area contributed by atoms with Gasteiger partial charge < -0.3 is 19.1 Å². The number of ether oxygens (including phenoxy) is 3. The van der Waals surface area contributed by atoms with Gasteiger partial charge in [-0.25, -0.2) is 0 Å². The van der Waals surface area contributed by atoms with Gasteiger partial charge in [0.25, 0.3) is 5.91 Å². The first kappa shape index (κ1) is 19.1. The van der Waals surface area contributed by atoms with Gasteiger partial charge in [0, 0.05) is 13.1 Å². The van der Waals surface area contributed by atoms with Crippen molar-refractivity contribution in [3.8, 4) is 11.5 Å². The molecule has 0 aromatic heterocycles. The highest BCUT2D eigenvalue weighted by Crippen LogP contribution is 2.31. The SMILES string of the molecule is O=C(Cc1ccc2c(c1)OCCO2)OCC(=O)N1CC=C(c2ccccc2)CC1. The van der Waals surface area contributed by atoms with E-state index in [1.54, 1.807) is 23.1 Å². The molecule has 0 saturated carbocycles. The van der Waals surface area contributed by atoms with E-state index in [1.165, 1.54) is 11.1 Å². The molecule has 1 amide bonds. The van der Waals surface area contributed by atoms with Gasteiger partial charge in [-0.1, -0.05) is 42.5 Å². The fourth-order valence-electron chi connectivity index (χ4n) is 3.46. The number of carbonyl (C=O) groups is 2. The molecule has 6 heteroatoms. The maximum absolute atomic E-state index is 12.4. The fraction of sp³-hybridized carbons (Fsp3) is 0.304. The summed E-state index contributed by atoms with van der Waals surface area (Å²) in [6, 6.07) is 15.5. The zero-order valence-corrected chi connectivity index (χ0v) is 16.1. The Morgan fingerprint density at radius 1 is 1.00 bits per heavy atom. The van der Waals surface area contributed by atoms with E-state index in [2.05, 4.69) is 18.2 Å². The predicted molar refractivity (Wildman–Crippen MR) is 108 cm³/mol. The second-order valence-electron chi connectivity index (χ2n) is 7.00. The van der Waals surface area contributed by atoms with Crippen molar-refractivity contribution in [1.82, 2.24) is 4.90 Å². The van der Waals surface area contributed by atoms with Gasteiger partial charge in [-0.3, -0.25) is 9.59 Å². The molecule has 0 fully saturated rings. The maximum atomic E-state index is 12.4. The Morgan fingerprint density at radius 3 is 2.55 bits per heavy atom. The van der Waals surface area contributed by atoms with Gasteiger partial charge in [-0.05, 0) is 35.3 Å². The van der Waals surface area contributed by atoms with Crippen LogP contribution in [0.25, 0.3) is 5.57 Å². The zero-order valence-electron chi connectivity index (χ0n) is 16.1. The second kappa shape index (κ2) is 8.82. The van der Waals surface area contributed by atoms with Crippen LogP contribution in [0.5, 0.6) is 11.5 Å². The highest BCUT2D eigenvalue weighted by atomic mass is 16.6. The quantitative estimate of drug-likeness (QED) is 0.731. The van der Waals surface area contributed by atoms with Crippen LogP contribution in [0.4, 0.5) is 0 Å².